The van der Waals surface area contributed by atoms with Crippen LogP contribution in [-0.2, 0) is 16.0 Å². The van der Waals surface area contributed by atoms with Gasteiger partial charge in [-0.3, -0.25) is 9.59 Å². The normalized spacial score (nSPS) is 14.0. The van der Waals surface area contributed by atoms with Crippen LogP contribution in [0.2, 0.25) is 0 Å². The third-order valence-electron chi connectivity index (χ3n) is 4.24. The molecule has 1 saturated heterocycles. The van der Waals surface area contributed by atoms with E-state index < -0.39 is 0 Å². The largest absolute Gasteiger partial charge is 0.497 e. The molecule has 0 bridgehead atoms. The minimum Gasteiger partial charge on any atom is -0.497 e. The number of rotatable bonds is 5. The van der Waals surface area contributed by atoms with Crippen LogP contribution in [0.25, 0.3) is 0 Å². The first-order valence-electron chi connectivity index (χ1n) is 8.55. The zero-order chi connectivity index (χ0) is 18.4. The van der Waals surface area contributed by atoms with E-state index in [1.54, 1.807) is 36.3 Å². The van der Waals surface area contributed by atoms with Crippen LogP contribution in [0.5, 0.6) is 5.75 Å². The van der Waals surface area contributed by atoms with Crippen LogP contribution in [0.1, 0.15) is 15.9 Å². The highest BCUT2D eigenvalue weighted by molar-refractivity contribution is 5.96. The van der Waals surface area contributed by atoms with Gasteiger partial charge in [-0.2, -0.15) is 0 Å². The van der Waals surface area contributed by atoms with Crippen LogP contribution in [0.4, 0.5) is 5.69 Å². The summed E-state index contributed by atoms with van der Waals surface area (Å²) in [6.45, 7) is 2.37. The summed E-state index contributed by atoms with van der Waals surface area (Å²) < 4.78 is 10.4. The molecule has 2 aromatic rings. The molecule has 2 amide bonds. The van der Waals surface area contributed by atoms with E-state index in [1.165, 1.54) is 0 Å². The first kappa shape index (κ1) is 17.9. The number of morpholine rings is 1. The number of hydrogen-bond acceptors (Lipinski definition) is 4. The molecule has 26 heavy (non-hydrogen) atoms. The Hall–Kier alpha value is -2.86. The van der Waals surface area contributed by atoms with Gasteiger partial charge in [0.2, 0.25) is 5.91 Å². The third-order valence-corrected chi connectivity index (χ3v) is 4.24. The van der Waals surface area contributed by atoms with Crippen LogP contribution < -0.4 is 10.1 Å². The maximum Gasteiger partial charge on any atom is 0.254 e. The monoisotopic (exact) mass is 354 g/mol. The number of amides is 2. The maximum atomic E-state index is 12.4. The van der Waals surface area contributed by atoms with Crippen LogP contribution in [0.15, 0.2) is 48.5 Å². The highest BCUT2D eigenvalue weighted by atomic mass is 16.5. The van der Waals surface area contributed by atoms with Gasteiger partial charge in [0.05, 0.1) is 26.7 Å². The molecule has 0 radical (unpaired) electrons. The van der Waals surface area contributed by atoms with Gasteiger partial charge in [0, 0.05) is 24.3 Å². The van der Waals surface area contributed by atoms with E-state index in [0.717, 1.165) is 11.3 Å². The first-order valence-corrected chi connectivity index (χ1v) is 8.55. The van der Waals surface area contributed by atoms with Crippen molar-refractivity contribution in [2.75, 3.05) is 38.7 Å². The molecule has 1 heterocycles. The molecule has 1 aliphatic rings. The molecule has 136 valence electrons. The molecule has 0 atom stereocenters. The number of anilines is 1. The molecule has 0 aromatic heterocycles. The van der Waals surface area contributed by atoms with Crippen molar-refractivity contribution in [2.24, 2.45) is 0 Å². The lowest BCUT2D eigenvalue weighted by Crippen LogP contribution is -2.40. The summed E-state index contributed by atoms with van der Waals surface area (Å²) >= 11 is 0. The Kier molecular flexibility index (Phi) is 5.86. The summed E-state index contributed by atoms with van der Waals surface area (Å²) in [4.78, 5) is 26.3. The fourth-order valence-electron chi connectivity index (χ4n) is 2.78. The Balaban J connectivity index is 1.56. The van der Waals surface area contributed by atoms with Gasteiger partial charge in [-0.1, -0.05) is 12.1 Å². The summed E-state index contributed by atoms with van der Waals surface area (Å²) in [6, 6.07) is 14.4. The highest BCUT2D eigenvalue weighted by Gasteiger charge is 2.18. The predicted molar refractivity (Wildman–Crippen MR) is 98.5 cm³/mol. The van der Waals surface area contributed by atoms with Gasteiger partial charge in [0.15, 0.2) is 0 Å². The molecule has 1 aliphatic heterocycles. The quantitative estimate of drug-likeness (QED) is 0.895. The van der Waals surface area contributed by atoms with Crippen LogP contribution >= 0.6 is 0 Å². The van der Waals surface area contributed by atoms with E-state index in [-0.39, 0.29) is 18.2 Å². The number of nitrogens with zero attached hydrogens (tertiary/aromatic N) is 1. The van der Waals surface area contributed by atoms with E-state index in [1.807, 2.05) is 24.3 Å². The van der Waals surface area contributed by atoms with Crippen molar-refractivity contribution in [1.82, 2.24) is 4.90 Å². The zero-order valence-electron chi connectivity index (χ0n) is 14.7. The van der Waals surface area contributed by atoms with Crippen molar-refractivity contribution < 1.29 is 19.1 Å². The average Bonchev–Trinajstić information content (AvgIpc) is 2.69. The fourth-order valence-corrected chi connectivity index (χ4v) is 2.78. The second-order valence-corrected chi connectivity index (χ2v) is 6.05. The van der Waals surface area contributed by atoms with Crippen molar-refractivity contribution in [3.63, 3.8) is 0 Å². The molecule has 0 unspecified atom stereocenters. The lowest BCUT2D eigenvalue weighted by atomic mass is 10.1. The van der Waals surface area contributed by atoms with E-state index in [4.69, 9.17) is 9.47 Å². The molecule has 0 saturated carbocycles. The molecule has 1 fully saturated rings. The zero-order valence-corrected chi connectivity index (χ0v) is 14.7. The van der Waals surface area contributed by atoms with E-state index in [9.17, 15) is 9.59 Å². The topological polar surface area (TPSA) is 67.9 Å². The molecule has 3 rings (SSSR count). The van der Waals surface area contributed by atoms with Gasteiger partial charge >= 0.3 is 0 Å². The second-order valence-electron chi connectivity index (χ2n) is 6.05. The minimum absolute atomic E-state index is 0.00981. The fraction of sp³-hybridized carbons (Fsp3) is 0.300. The van der Waals surface area contributed by atoms with Crippen molar-refractivity contribution in [3.05, 3.63) is 59.7 Å². The number of benzene rings is 2. The number of ether oxygens (including phenoxy) is 2. The highest BCUT2D eigenvalue weighted by Crippen LogP contribution is 2.15. The Labute approximate surface area is 152 Å². The summed E-state index contributed by atoms with van der Waals surface area (Å²) in [7, 11) is 1.61. The minimum atomic E-state index is -0.109. The summed E-state index contributed by atoms with van der Waals surface area (Å²) in [5.74, 6) is 0.640. The van der Waals surface area contributed by atoms with Crippen molar-refractivity contribution >= 4 is 17.5 Å². The Morgan fingerprint density at radius 3 is 2.31 bits per heavy atom. The molecule has 2 aromatic carbocycles. The smallest absolute Gasteiger partial charge is 0.254 e. The second kappa shape index (κ2) is 8.49. The Bertz CT molecular complexity index is 750. The number of hydrogen-bond donors (Lipinski definition) is 1. The van der Waals surface area contributed by atoms with Crippen LogP contribution in [0.3, 0.4) is 0 Å². The van der Waals surface area contributed by atoms with Gasteiger partial charge in [-0.15, -0.1) is 0 Å². The van der Waals surface area contributed by atoms with Gasteiger partial charge in [-0.05, 0) is 42.0 Å². The number of nitrogens with one attached hydrogen (secondary N) is 1. The predicted octanol–water partition coefficient (Wildman–Crippen LogP) is 2.35. The SMILES string of the molecule is COc1ccc(CC(=O)Nc2ccc(C(=O)N3CCOCC3)cc2)cc1. The van der Waals surface area contributed by atoms with E-state index in [0.29, 0.717) is 37.6 Å². The number of carbonyl (C=O) groups excluding carboxylic acids is 2. The molecular formula is C20H22N2O4. The van der Waals surface area contributed by atoms with Crippen molar-refractivity contribution in [2.45, 2.75) is 6.42 Å². The lowest BCUT2D eigenvalue weighted by molar-refractivity contribution is -0.115. The molecule has 1 N–H and O–H groups in total. The molecular weight excluding hydrogens is 332 g/mol. The van der Waals surface area contributed by atoms with Crippen LogP contribution in [0, 0.1) is 0 Å². The van der Waals surface area contributed by atoms with Crippen molar-refractivity contribution in [1.29, 1.82) is 0 Å². The average molecular weight is 354 g/mol. The number of methoxy groups -OCH3 is 1. The lowest BCUT2D eigenvalue weighted by Gasteiger charge is -2.26. The molecule has 0 spiro atoms. The first-order chi connectivity index (χ1) is 12.7. The van der Waals surface area contributed by atoms with Gasteiger partial charge in [0.25, 0.3) is 5.91 Å². The Morgan fingerprint density at radius 1 is 1.04 bits per heavy atom. The summed E-state index contributed by atoms with van der Waals surface area (Å²) in [5, 5.41) is 2.85. The van der Waals surface area contributed by atoms with E-state index in [2.05, 4.69) is 5.32 Å². The summed E-state index contributed by atoms with van der Waals surface area (Å²) in [5.41, 5.74) is 2.18. The van der Waals surface area contributed by atoms with Gasteiger partial charge in [-0.25, -0.2) is 0 Å². The van der Waals surface area contributed by atoms with Crippen LogP contribution in [-0.4, -0.2) is 50.1 Å². The summed E-state index contributed by atoms with van der Waals surface area (Å²) in [6.07, 6.45) is 0.276. The standard InChI is InChI=1S/C20H22N2O4/c1-25-18-8-2-15(3-9-18)14-19(23)21-17-6-4-16(5-7-17)20(24)22-10-12-26-13-11-22/h2-9H,10-14H2,1H3,(H,21,23). The van der Waals surface area contributed by atoms with Gasteiger partial charge < -0.3 is 19.7 Å². The molecule has 0 aliphatic carbocycles. The molecule has 6 nitrogen and oxygen atoms in total. The number of carbonyl (C=O) groups is 2. The maximum absolute atomic E-state index is 12.4. The third kappa shape index (κ3) is 4.61. The Morgan fingerprint density at radius 2 is 1.69 bits per heavy atom. The van der Waals surface area contributed by atoms with E-state index >= 15 is 0 Å². The van der Waals surface area contributed by atoms with Gasteiger partial charge in [0.1, 0.15) is 5.75 Å². The van der Waals surface area contributed by atoms with Crippen molar-refractivity contribution in [3.8, 4) is 5.75 Å². The molecule has 6 heteroatoms.